The van der Waals surface area contributed by atoms with Crippen LogP contribution in [0.5, 0.6) is 0 Å². The van der Waals surface area contributed by atoms with Gasteiger partial charge in [0.05, 0.1) is 0 Å². The largest absolute Gasteiger partial charge is 0.444 e. The lowest BCUT2D eigenvalue weighted by molar-refractivity contribution is -0.117. The number of alkyl carbamates (subject to hydrolysis) is 1. The first-order valence-electron chi connectivity index (χ1n) is 7.28. The van der Waals surface area contributed by atoms with Crippen molar-refractivity contribution in [1.29, 1.82) is 0 Å². The molecule has 0 spiro atoms. The molecule has 6 heteroatoms. The molecule has 0 saturated heterocycles. The minimum atomic E-state index is -0.389. The van der Waals surface area contributed by atoms with E-state index in [0.717, 1.165) is 25.7 Å². The summed E-state index contributed by atoms with van der Waals surface area (Å²) in [6, 6.07) is 0. The first-order chi connectivity index (χ1) is 9.71. The SMILES string of the molecule is CN=C(Cl)C(=O)C1CCCCC1.CNC(=O)OC(C)(C)C. The molecule has 1 N–H and O–H groups in total. The van der Waals surface area contributed by atoms with Crippen LogP contribution in [0.2, 0.25) is 0 Å². The molecule has 1 rings (SSSR count). The number of aliphatic imine (C=N–C) groups is 1. The molecule has 1 amide bonds. The van der Waals surface area contributed by atoms with Gasteiger partial charge >= 0.3 is 6.09 Å². The van der Waals surface area contributed by atoms with Crippen LogP contribution in [-0.2, 0) is 9.53 Å². The summed E-state index contributed by atoms with van der Waals surface area (Å²) in [4.78, 5) is 25.7. The van der Waals surface area contributed by atoms with Gasteiger partial charge in [0, 0.05) is 20.0 Å². The van der Waals surface area contributed by atoms with Crippen LogP contribution in [-0.4, -0.2) is 36.7 Å². The molecule has 0 aromatic carbocycles. The van der Waals surface area contributed by atoms with Gasteiger partial charge in [0.2, 0.25) is 0 Å². The Kier molecular flexibility index (Phi) is 9.26. The minimum absolute atomic E-state index is 0.0406. The summed E-state index contributed by atoms with van der Waals surface area (Å²) in [6.45, 7) is 5.46. The summed E-state index contributed by atoms with van der Waals surface area (Å²) in [5.41, 5.74) is -0.389. The molecule has 0 aromatic rings. The Labute approximate surface area is 132 Å². The second-order valence-electron chi connectivity index (χ2n) is 5.97. The maximum atomic E-state index is 11.5. The lowest BCUT2D eigenvalue weighted by atomic mass is 9.86. The van der Waals surface area contributed by atoms with Gasteiger partial charge in [0.15, 0.2) is 11.0 Å². The van der Waals surface area contributed by atoms with E-state index in [2.05, 4.69) is 10.3 Å². The van der Waals surface area contributed by atoms with Crippen molar-refractivity contribution in [1.82, 2.24) is 5.32 Å². The van der Waals surface area contributed by atoms with E-state index in [4.69, 9.17) is 16.3 Å². The topological polar surface area (TPSA) is 67.8 Å². The van der Waals surface area contributed by atoms with Gasteiger partial charge in [-0.1, -0.05) is 30.9 Å². The smallest absolute Gasteiger partial charge is 0.407 e. The van der Waals surface area contributed by atoms with Crippen molar-refractivity contribution in [2.75, 3.05) is 14.1 Å². The molecule has 1 saturated carbocycles. The van der Waals surface area contributed by atoms with Crippen molar-refractivity contribution < 1.29 is 14.3 Å². The van der Waals surface area contributed by atoms with Crippen molar-refractivity contribution in [3.8, 4) is 0 Å². The molecule has 1 fully saturated rings. The van der Waals surface area contributed by atoms with Gasteiger partial charge in [-0.3, -0.25) is 9.79 Å². The molecule has 5 nitrogen and oxygen atoms in total. The molecule has 0 atom stereocenters. The van der Waals surface area contributed by atoms with Crippen molar-refractivity contribution in [3.05, 3.63) is 0 Å². The maximum absolute atomic E-state index is 11.5. The van der Waals surface area contributed by atoms with Crippen LogP contribution in [0.15, 0.2) is 4.99 Å². The van der Waals surface area contributed by atoms with Crippen molar-refractivity contribution in [2.24, 2.45) is 10.9 Å². The van der Waals surface area contributed by atoms with Crippen LogP contribution in [0.4, 0.5) is 4.79 Å². The molecular formula is C15H27ClN2O3. The molecular weight excluding hydrogens is 292 g/mol. The van der Waals surface area contributed by atoms with E-state index in [1.54, 1.807) is 7.05 Å². The number of rotatable bonds is 2. The third-order valence-electron chi connectivity index (χ3n) is 2.98. The lowest BCUT2D eigenvalue weighted by Gasteiger charge is -2.19. The van der Waals surface area contributed by atoms with Crippen LogP contribution in [0.1, 0.15) is 52.9 Å². The number of carbonyl (C=O) groups is 2. The molecule has 122 valence electrons. The van der Waals surface area contributed by atoms with E-state index in [1.807, 2.05) is 20.8 Å². The van der Waals surface area contributed by atoms with Gasteiger partial charge < -0.3 is 10.1 Å². The Morgan fingerprint density at radius 1 is 1.19 bits per heavy atom. The quantitative estimate of drug-likeness (QED) is 0.792. The number of nitrogens with one attached hydrogen (secondary N) is 1. The Morgan fingerprint density at radius 2 is 1.71 bits per heavy atom. The first kappa shape index (κ1) is 19.9. The summed E-state index contributed by atoms with van der Waals surface area (Å²) in [5, 5.41) is 2.53. The number of hydrogen-bond donors (Lipinski definition) is 1. The van der Waals surface area contributed by atoms with E-state index < -0.39 is 0 Å². The zero-order valence-corrected chi connectivity index (χ0v) is 14.4. The third-order valence-corrected chi connectivity index (χ3v) is 3.33. The number of carbonyl (C=O) groups excluding carboxylic acids is 2. The Bertz CT molecular complexity index is 370. The summed E-state index contributed by atoms with van der Waals surface area (Å²) in [7, 11) is 3.09. The zero-order chi connectivity index (χ0) is 16.5. The van der Waals surface area contributed by atoms with Crippen molar-refractivity contribution >= 4 is 28.6 Å². The van der Waals surface area contributed by atoms with Crippen LogP contribution in [0, 0.1) is 5.92 Å². The van der Waals surface area contributed by atoms with E-state index >= 15 is 0 Å². The monoisotopic (exact) mass is 318 g/mol. The number of hydrogen-bond acceptors (Lipinski definition) is 4. The number of ketones is 1. The van der Waals surface area contributed by atoms with Gasteiger partial charge in [-0.2, -0.15) is 0 Å². The number of ether oxygens (including phenoxy) is 1. The number of nitrogens with zero attached hydrogens (tertiary/aromatic N) is 1. The first-order valence-corrected chi connectivity index (χ1v) is 7.66. The normalized spacial score (nSPS) is 16.6. The predicted molar refractivity (Wildman–Crippen MR) is 86.1 cm³/mol. The van der Waals surface area contributed by atoms with Crippen LogP contribution >= 0.6 is 11.6 Å². The highest BCUT2D eigenvalue weighted by molar-refractivity contribution is 6.83. The van der Waals surface area contributed by atoms with Crippen LogP contribution in [0.25, 0.3) is 0 Å². The standard InChI is InChI=1S/C9H14ClNO.C6H13NO2/c1-11-9(10)8(12)7-5-3-2-4-6-7;1-6(2,3)9-5(8)7-4/h7H,2-6H2,1H3;1-4H3,(H,7,8). The van der Waals surface area contributed by atoms with E-state index in [0.29, 0.717) is 0 Å². The zero-order valence-electron chi connectivity index (χ0n) is 13.7. The van der Waals surface area contributed by atoms with Gasteiger partial charge in [-0.25, -0.2) is 4.79 Å². The Balaban J connectivity index is 0.000000400. The summed E-state index contributed by atoms with van der Waals surface area (Å²) in [5.74, 6) is 0.189. The van der Waals surface area contributed by atoms with E-state index in [1.165, 1.54) is 13.5 Å². The Morgan fingerprint density at radius 3 is 2.05 bits per heavy atom. The van der Waals surface area contributed by atoms with Gasteiger partial charge in [0.25, 0.3) is 0 Å². The molecule has 0 aromatic heterocycles. The molecule has 0 bridgehead atoms. The molecule has 1 aliphatic carbocycles. The average Bonchev–Trinajstić information content (AvgIpc) is 2.45. The fraction of sp³-hybridized carbons (Fsp3) is 0.800. The van der Waals surface area contributed by atoms with E-state index in [-0.39, 0.29) is 28.6 Å². The maximum Gasteiger partial charge on any atom is 0.407 e. The lowest BCUT2D eigenvalue weighted by Crippen LogP contribution is -2.30. The molecule has 0 unspecified atom stereocenters. The number of halogens is 1. The fourth-order valence-corrected chi connectivity index (χ4v) is 2.13. The number of Topliss-reactive ketones (excluding diaryl/α,β-unsaturated/α-hetero) is 1. The van der Waals surface area contributed by atoms with Gasteiger partial charge in [-0.15, -0.1) is 0 Å². The van der Waals surface area contributed by atoms with Crippen LogP contribution in [0.3, 0.4) is 0 Å². The molecule has 0 radical (unpaired) electrons. The third kappa shape index (κ3) is 9.45. The average molecular weight is 319 g/mol. The molecule has 21 heavy (non-hydrogen) atoms. The molecule has 0 heterocycles. The second kappa shape index (κ2) is 9.77. The minimum Gasteiger partial charge on any atom is -0.444 e. The summed E-state index contributed by atoms with van der Waals surface area (Å²) in [6.07, 6.45) is 5.16. The van der Waals surface area contributed by atoms with Crippen LogP contribution < -0.4 is 5.32 Å². The molecule has 1 aliphatic rings. The summed E-state index contributed by atoms with van der Waals surface area (Å²) < 4.78 is 4.84. The van der Waals surface area contributed by atoms with Gasteiger partial charge in [-0.05, 0) is 33.6 Å². The number of amides is 1. The highest BCUT2D eigenvalue weighted by Gasteiger charge is 2.23. The second-order valence-corrected chi connectivity index (χ2v) is 6.32. The van der Waals surface area contributed by atoms with Crippen molar-refractivity contribution in [2.45, 2.75) is 58.5 Å². The molecule has 0 aliphatic heterocycles. The fourth-order valence-electron chi connectivity index (χ4n) is 1.97. The highest BCUT2D eigenvalue weighted by atomic mass is 35.5. The predicted octanol–water partition coefficient (Wildman–Crippen LogP) is 3.54. The van der Waals surface area contributed by atoms with E-state index in [9.17, 15) is 9.59 Å². The van der Waals surface area contributed by atoms with Gasteiger partial charge in [0.1, 0.15) is 5.60 Å². The summed E-state index contributed by atoms with van der Waals surface area (Å²) >= 11 is 5.65. The highest BCUT2D eigenvalue weighted by Crippen LogP contribution is 2.25. The van der Waals surface area contributed by atoms with Crippen molar-refractivity contribution in [3.63, 3.8) is 0 Å². The Hall–Kier alpha value is -1.10.